The third-order valence-corrected chi connectivity index (χ3v) is 2.84. The molecule has 0 fully saturated rings. The Morgan fingerprint density at radius 1 is 1.00 bits per heavy atom. The number of ether oxygens (including phenoxy) is 1. The fraction of sp³-hybridized carbons (Fsp3) is 0.200. The van der Waals surface area contributed by atoms with Crippen molar-refractivity contribution >= 4 is 0 Å². The summed E-state index contributed by atoms with van der Waals surface area (Å²) in [5, 5.41) is 0. The molecule has 0 aliphatic heterocycles. The van der Waals surface area contributed by atoms with E-state index in [4.69, 9.17) is 10.5 Å². The molecule has 0 saturated heterocycles. The number of halogens is 4. The maximum atomic E-state index is 13.3. The molecule has 21 heavy (non-hydrogen) atoms. The largest absolute Gasteiger partial charge is 0.488 e. The smallest absolute Gasteiger partial charge is 0.419 e. The summed E-state index contributed by atoms with van der Waals surface area (Å²) in [5.41, 5.74) is 5.54. The zero-order chi connectivity index (χ0) is 15.5. The van der Waals surface area contributed by atoms with E-state index in [0.717, 1.165) is 6.07 Å². The van der Waals surface area contributed by atoms with Crippen molar-refractivity contribution in [2.45, 2.75) is 19.3 Å². The normalized spacial score (nSPS) is 11.5. The molecular formula is C15H13F4NO. The fourth-order valence-corrected chi connectivity index (χ4v) is 1.91. The van der Waals surface area contributed by atoms with Crippen LogP contribution in [0.25, 0.3) is 0 Å². The van der Waals surface area contributed by atoms with E-state index >= 15 is 0 Å². The summed E-state index contributed by atoms with van der Waals surface area (Å²) < 4.78 is 56.9. The van der Waals surface area contributed by atoms with Crippen LogP contribution in [-0.4, -0.2) is 0 Å². The first-order valence-electron chi connectivity index (χ1n) is 6.17. The first-order valence-corrected chi connectivity index (χ1v) is 6.17. The van der Waals surface area contributed by atoms with Crippen molar-refractivity contribution in [3.05, 3.63) is 65.0 Å². The summed E-state index contributed by atoms with van der Waals surface area (Å²) in [6.45, 7) is -0.0260. The van der Waals surface area contributed by atoms with E-state index in [0.29, 0.717) is 11.1 Å². The average Bonchev–Trinajstić information content (AvgIpc) is 2.44. The molecule has 0 amide bonds. The Morgan fingerprint density at radius 3 is 2.33 bits per heavy atom. The van der Waals surface area contributed by atoms with Crippen LogP contribution >= 0.6 is 0 Å². The minimum Gasteiger partial charge on any atom is -0.488 e. The standard InChI is InChI=1S/C15H13F4NO/c16-12-6-10(8-20)5-11(7-12)9-21-14-4-2-1-3-13(14)15(17,18)19/h1-7H,8-9,20H2. The molecule has 0 heterocycles. The average molecular weight is 299 g/mol. The van der Waals surface area contributed by atoms with Crippen LogP contribution < -0.4 is 10.5 Å². The van der Waals surface area contributed by atoms with Crippen molar-refractivity contribution in [1.82, 2.24) is 0 Å². The lowest BCUT2D eigenvalue weighted by Crippen LogP contribution is -2.09. The quantitative estimate of drug-likeness (QED) is 0.870. The van der Waals surface area contributed by atoms with Crippen LogP contribution in [0.3, 0.4) is 0 Å². The van der Waals surface area contributed by atoms with Crippen molar-refractivity contribution in [1.29, 1.82) is 0 Å². The molecule has 0 atom stereocenters. The second-order valence-electron chi connectivity index (χ2n) is 4.45. The van der Waals surface area contributed by atoms with Gasteiger partial charge in [0.1, 0.15) is 18.2 Å². The molecule has 2 aromatic rings. The van der Waals surface area contributed by atoms with Crippen molar-refractivity contribution < 1.29 is 22.3 Å². The lowest BCUT2D eigenvalue weighted by molar-refractivity contribution is -0.139. The summed E-state index contributed by atoms with van der Waals surface area (Å²) in [7, 11) is 0. The highest BCUT2D eigenvalue weighted by Crippen LogP contribution is 2.36. The lowest BCUT2D eigenvalue weighted by Gasteiger charge is -2.14. The van der Waals surface area contributed by atoms with Crippen LogP contribution in [0.2, 0.25) is 0 Å². The fourth-order valence-electron chi connectivity index (χ4n) is 1.91. The van der Waals surface area contributed by atoms with Crippen LogP contribution in [0.1, 0.15) is 16.7 Å². The van der Waals surface area contributed by atoms with Gasteiger partial charge < -0.3 is 10.5 Å². The Morgan fingerprint density at radius 2 is 1.67 bits per heavy atom. The highest BCUT2D eigenvalue weighted by molar-refractivity contribution is 5.36. The van der Waals surface area contributed by atoms with E-state index in [1.165, 1.54) is 30.3 Å². The molecule has 0 unspecified atom stereocenters. The van der Waals surface area contributed by atoms with Gasteiger partial charge in [0.2, 0.25) is 0 Å². The van der Waals surface area contributed by atoms with E-state index in [2.05, 4.69) is 0 Å². The number of hydrogen-bond acceptors (Lipinski definition) is 2. The Hall–Kier alpha value is -2.08. The molecule has 0 radical (unpaired) electrons. The van der Waals surface area contributed by atoms with Crippen LogP contribution in [0, 0.1) is 5.82 Å². The van der Waals surface area contributed by atoms with Gasteiger partial charge in [0.15, 0.2) is 0 Å². The van der Waals surface area contributed by atoms with Gasteiger partial charge in [-0.15, -0.1) is 0 Å². The lowest BCUT2D eigenvalue weighted by atomic mass is 10.1. The molecule has 0 saturated carbocycles. The molecule has 2 aromatic carbocycles. The van der Waals surface area contributed by atoms with Gasteiger partial charge in [0.25, 0.3) is 0 Å². The van der Waals surface area contributed by atoms with Crippen molar-refractivity contribution in [2.24, 2.45) is 5.73 Å². The van der Waals surface area contributed by atoms with E-state index in [-0.39, 0.29) is 18.9 Å². The Kier molecular flexibility index (Phi) is 4.47. The van der Waals surface area contributed by atoms with E-state index in [1.807, 2.05) is 0 Å². The molecule has 0 aromatic heterocycles. The van der Waals surface area contributed by atoms with Gasteiger partial charge in [-0.3, -0.25) is 0 Å². The number of para-hydroxylation sites is 1. The molecule has 112 valence electrons. The van der Waals surface area contributed by atoms with Gasteiger partial charge >= 0.3 is 6.18 Å². The Bertz CT molecular complexity index is 625. The number of hydrogen-bond donors (Lipinski definition) is 1. The minimum absolute atomic E-state index is 0.143. The van der Waals surface area contributed by atoms with Crippen molar-refractivity contribution in [3.8, 4) is 5.75 Å². The first kappa shape index (κ1) is 15.3. The monoisotopic (exact) mass is 299 g/mol. The van der Waals surface area contributed by atoms with Gasteiger partial charge in [-0.2, -0.15) is 13.2 Å². The zero-order valence-electron chi connectivity index (χ0n) is 11.0. The van der Waals surface area contributed by atoms with Gasteiger partial charge in [-0.05, 0) is 35.4 Å². The summed E-state index contributed by atoms with van der Waals surface area (Å²) in [6, 6.07) is 8.96. The van der Waals surface area contributed by atoms with Crippen LogP contribution in [0.4, 0.5) is 17.6 Å². The van der Waals surface area contributed by atoms with Crippen LogP contribution in [0.15, 0.2) is 42.5 Å². The molecule has 0 spiro atoms. The number of rotatable bonds is 4. The van der Waals surface area contributed by atoms with Crippen molar-refractivity contribution in [3.63, 3.8) is 0 Å². The predicted octanol–water partition coefficient (Wildman–Crippen LogP) is 3.88. The number of nitrogens with two attached hydrogens (primary N) is 1. The molecule has 2 N–H and O–H groups in total. The van der Waals surface area contributed by atoms with Crippen LogP contribution in [0.5, 0.6) is 5.75 Å². The molecule has 2 nitrogen and oxygen atoms in total. The summed E-state index contributed by atoms with van der Waals surface area (Å²) in [6.07, 6.45) is -4.50. The molecule has 6 heteroatoms. The minimum atomic E-state index is -4.50. The van der Waals surface area contributed by atoms with Gasteiger partial charge in [-0.25, -0.2) is 4.39 Å². The van der Waals surface area contributed by atoms with E-state index in [1.54, 1.807) is 6.07 Å². The highest BCUT2D eigenvalue weighted by atomic mass is 19.4. The second-order valence-corrected chi connectivity index (χ2v) is 4.45. The van der Waals surface area contributed by atoms with Crippen molar-refractivity contribution in [2.75, 3.05) is 0 Å². The van der Waals surface area contributed by atoms with Crippen LogP contribution in [-0.2, 0) is 19.3 Å². The van der Waals surface area contributed by atoms with Gasteiger partial charge in [0, 0.05) is 6.54 Å². The highest BCUT2D eigenvalue weighted by Gasteiger charge is 2.33. The maximum Gasteiger partial charge on any atom is 0.419 e. The molecule has 0 aliphatic carbocycles. The first-order chi connectivity index (χ1) is 9.90. The molecule has 0 bridgehead atoms. The third kappa shape index (κ3) is 3.95. The predicted molar refractivity (Wildman–Crippen MR) is 70.1 cm³/mol. The topological polar surface area (TPSA) is 35.2 Å². The molecule has 0 aliphatic rings. The van der Waals surface area contributed by atoms with E-state index in [9.17, 15) is 17.6 Å². The maximum absolute atomic E-state index is 13.3. The summed E-state index contributed by atoms with van der Waals surface area (Å²) in [4.78, 5) is 0. The Labute approximate surface area is 119 Å². The molecule has 2 rings (SSSR count). The number of benzene rings is 2. The summed E-state index contributed by atoms with van der Waals surface area (Å²) in [5.74, 6) is -0.788. The van der Waals surface area contributed by atoms with Gasteiger partial charge in [0.05, 0.1) is 5.56 Å². The molecular weight excluding hydrogens is 286 g/mol. The van der Waals surface area contributed by atoms with Gasteiger partial charge in [-0.1, -0.05) is 18.2 Å². The zero-order valence-corrected chi connectivity index (χ0v) is 11.0. The third-order valence-electron chi connectivity index (χ3n) is 2.84. The Balaban J connectivity index is 2.19. The summed E-state index contributed by atoms with van der Waals surface area (Å²) >= 11 is 0. The SMILES string of the molecule is NCc1cc(F)cc(COc2ccccc2C(F)(F)F)c1. The van der Waals surface area contributed by atoms with E-state index < -0.39 is 17.6 Å². The second kappa shape index (κ2) is 6.13. The number of alkyl halides is 3.